The molecule has 0 radical (unpaired) electrons. The van der Waals surface area contributed by atoms with Gasteiger partial charge in [0, 0.05) is 25.3 Å². The number of ether oxygens (including phenoxy) is 1. The van der Waals surface area contributed by atoms with E-state index < -0.39 is 27.5 Å². The molecule has 1 aromatic carbocycles. The van der Waals surface area contributed by atoms with E-state index in [1.165, 1.54) is 10.5 Å². The highest BCUT2D eigenvalue weighted by Crippen LogP contribution is 2.34. The molecule has 0 bridgehead atoms. The number of nitrogens with one attached hydrogen (secondary N) is 1. The molecule has 1 fully saturated rings. The molecule has 1 aromatic heterocycles. The van der Waals surface area contributed by atoms with Crippen molar-refractivity contribution < 1.29 is 31.1 Å². The largest absolute Gasteiger partial charge is 0.496 e. The van der Waals surface area contributed by atoms with Gasteiger partial charge in [-0.1, -0.05) is 0 Å². The highest BCUT2D eigenvalue weighted by molar-refractivity contribution is 7.88. The lowest BCUT2D eigenvalue weighted by atomic mass is 10.0. The van der Waals surface area contributed by atoms with Crippen LogP contribution in [0.15, 0.2) is 24.4 Å². The minimum atomic E-state index is -4.58. The van der Waals surface area contributed by atoms with Crippen molar-refractivity contribution >= 4 is 27.6 Å². The molecule has 2 heterocycles. The summed E-state index contributed by atoms with van der Waals surface area (Å²) in [5, 5.41) is 3.06. The number of halogens is 3. The second-order valence-corrected chi connectivity index (χ2v) is 9.30. The Morgan fingerprint density at radius 1 is 1.25 bits per heavy atom. The summed E-state index contributed by atoms with van der Waals surface area (Å²) in [6, 6.07) is 2.46. The molecule has 2 aromatic rings. The van der Waals surface area contributed by atoms with Gasteiger partial charge in [0.25, 0.3) is 0 Å². The first kappa shape index (κ1) is 23.7. The first-order chi connectivity index (χ1) is 14.9. The molecular weight excluding hydrogens is 451 g/mol. The van der Waals surface area contributed by atoms with Crippen molar-refractivity contribution in [3.8, 4) is 5.75 Å². The normalized spacial score (nSPS) is 16.0. The van der Waals surface area contributed by atoms with Crippen LogP contribution in [-0.4, -0.2) is 61.0 Å². The van der Waals surface area contributed by atoms with E-state index in [0.29, 0.717) is 25.9 Å². The molecule has 1 saturated heterocycles. The number of hydrogen-bond donors (Lipinski definition) is 2. The number of piperidine rings is 1. The van der Waals surface area contributed by atoms with Gasteiger partial charge < -0.3 is 15.8 Å². The van der Waals surface area contributed by atoms with Gasteiger partial charge >= 0.3 is 6.18 Å². The Bertz CT molecular complexity index is 1120. The predicted molar refractivity (Wildman–Crippen MR) is 111 cm³/mol. The number of hydrogen-bond acceptors (Lipinski definition) is 8. The Morgan fingerprint density at radius 2 is 1.91 bits per heavy atom. The number of rotatable bonds is 6. The van der Waals surface area contributed by atoms with Crippen molar-refractivity contribution in [3.63, 3.8) is 0 Å². The first-order valence-corrected chi connectivity index (χ1v) is 11.4. The number of aromatic nitrogens is 2. The number of benzene rings is 1. The molecule has 1 aliphatic heterocycles. The summed E-state index contributed by atoms with van der Waals surface area (Å²) in [6.45, 7) is 0.715. The van der Waals surface area contributed by atoms with Gasteiger partial charge in [0.15, 0.2) is 0 Å². The smallest absolute Gasteiger partial charge is 0.416 e. The zero-order chi connectivity index (χ0) is 23.7. The average molecular weight is 473 g/mol. The third-order valence-corrected chi connectivity index (χ3v) is 6.40. The van der Waals surface area contributed by atoms with Crippen LogP contribution in [0.25, 0.3) is 0 Å². The summed E-state index contributed by atoms with van der Waals surface area (Å²) in [5.41, 5.74) is 4.78. The van der Waals surface area contributed by atoms with Crippen LogP contribution in [0.1, 0.15) is 34.3 Å². The Hall–Kier alpha value is -2.93. The van der Waals surface area contributed by atoms with E-state index in [-0.39, 0.29) is 34.7 Å². The van der Waals surface area contributed by atoms with Gasteiger partial charge in [-0.15, -0.1) is 0 Å². The standard InChI is InChI=1S/C19H22F3N5O4S/c1-31-15-9-11(19(20,21)22)3-4-13(15)16(28)14-10-24-18(26-17(14)23)25-12-5-7-27(8-6-12)32(2,29)30/h3-4,9-10,12H,5-8H2,1-2H3,(H3,23,24,25,26). The van der Waals surface area contributed by atoms with Crippen LogP contribution in [0, 0.1) is 0 Å². The topological polar surface area (TPSA) is 128 Å². The number of methoxy groups -OCH3 is 1. The maximum absolute atomic E-state index is 12.9. The molecule has 174 valence electrons. The lowest BCUT2D eigenvalue weighted by Crippen LogP contribution is -2.42. The maximum Gasteiger partial charge on any atom is 0.416 e. The molecule has 13 heteroatoms. The molecule has 1 aliphatic rings. The summed E-state index contributed by atoms with van der Waals surface area (Å²) in [6.07, 6.45) is -1.15. The number of ketones is 1. The Labute approximate surface area is 182 Å². The Morgan fingerprint density at radius 3 is 2.44 bits per heavy atom. The number of carbonyl (C=O) groups is 1. The fourth-order valence-corrected chi connectivity index (χ4v) is 4.23. The third kappa shape index (κ3) is 5.27. The van der Waals surface area contributed by atoms with Crippen molar-refractivity contribution in [1.82, 2.24) is 14.3 Å². The van der Waals surface area contributed by atoms with Gasteiger partial charge in [-0.3, -0.25) is 4.79 Å². The molecule has 0 aliphatic carbocycles. The van der Waals surface area contributed by atoms with Crippen LogP contribution >= 0.6 is 0 Å². The van der Waals surface area contributed by atoms with E-state index in [1.54, 1.807) is 0 Å². The molecule has 0 unspecified atom stereocenters. The van der Waals surface area contributed by atoms with E-state index in [1.807, 2.05) is 0 Å². The summed E-state index contributed by atoms with van der Waals surface area (Å²) in [4.78, 5) is 21.0. The van der Waals surface area contributed by atoms with E-state index in [2.05, 4.69) is 15.3 Å². The van der Waals surface area contributed by atoms with Gasteiger partial charge in [-0.05, 0) is 31.0 Å². The number of nitrogen functional groups attached to an aromatic ring is 1. The quantitative estimate of drug-likeness (QED) is 0.611. The van der Waals surface area contributed by atoms with E-state index >= 15 is 0 Å². The molecule has 0 spiro atoms. The van der Waals surface area contributed by atoms with Crippen LogP contribution < -0.4 is 15.8 Å². The number of sulfonamides is 1. The van der Waals surface area contributed by atoms with Crippen molar-refractivity contribution in [2.75, 3.05) is 37.5 Å². The molecular formula is C19H22F3N5O4S. The van der Waals surface area contributed by atoms with Crippen molar-refractivity contribution in [3.05, 3.63) is 41.1 Å². The van der Waals surface area contributed by atoms with Crippen LogP contribution in [0.3, 0.4) is 0 Å². The Kier molecular flexibility index (Phi) is 6.60. The Balaban J connectivity index is 1.75. The minimum absolute atomic E-state index is 0.0797. The van der Waals surface area contributed by atoms with E-state index in [9.17, 15) is 26.4 Å². The SMILES string of the molecule is COc1cc(C(F)(F)F)ccc1C(=O)c1cnc(NC2CCN(S(C)(=O)=O)CC2)nc1N. The van der Waals surface area contributed by atoms with Crippen molar-refractivity contribution in [2.45, 2.75) is 25.1 Å². The van der Waals surface area contributed by atoms with Gasteiger partial charge in [0.1, 0.15) is 11.6 Å². The van der Waals surface area contributed by atoms with Gasteiger partial charge in [0.2, 0.25) is 21.8 Å². The zero-order valence-electron chi connectivity index (χ0n) is 17.3. The number of anilines is 2. The summed E-state index contributed by atoms with van der Waals surface area (Å²) in [5.74, 6) is -0.913. The van der Waals surface area contributed by atoms with Gasteiger partial charge in [-0.2, -0.15) is 18.2 Å². The average Bonchev–Trinajstić information content (AvgIpc) is 2.72. The fraction of sp³-hybridized carbons (Fsp3) is 0.421. The van der Waals surface area contributed by atoms with E-state index in [4.69, 9.17) is 10.5 Å². The number of nitrogens with two attached hydrogens (primary N) is 1. The lowest BCUT2D eigenvalue weighted by molar-refractivity contribution is -0.137. The van der Waals surface area contributed by atoms with Gasteiger partial charge in [0.05, 0.1) is 30.1 Å². The molecule has 0 amide bonds. The highest BCUT2D eigenvalue weighted by atomic mass is 32.2. The van der Waals surface area contributed by atoms with Crippen molar-refractivity contribution in [1.29, 1.82) is 0 Å². The third-order valence-electron chi connectivity index (χ3n) is 5.09. The predicted octanol–water partition coefficient (Wildman–Crippen LogP) is 2.15. The minimum Gasteiger partial charge on any atom is -0.496 e. The summed E-state index contributed by atoms with van der Waals surface area (Å²) in [7, 11) is -2.08. The van der Waals surface area contributed by atoms with Crippen LogP contribution in [0.2, 0.25) is 0 Å². The molecule has 9 nitrogen and oxygen atoms in total. The van der Waals surface area contributed by atoms with Crippen LogP contribution in [0.5, 0.6) is 5.75 Å². The van der Waals surface area contributed by atoms with Gasteiger partial charge in [-0.25, -0.2) is 17.7 Å². The van der Waals surface area contributed by atoms with E-state index in [0.717, 1.165) is 31.6 Å². The number of alkyl halides is 3. The maximum atomic E-state index is 12.9. The number of carbonyl (C=O) groups excluding carboxylic acids is 1. The summed E-state index contributed by atoms with van der Waals surface area (Å²) >= 11 is 0. The number of nitrogens with zero attached hydrogens (tertiary/aromatic N) is 3. The lowest BCUT2D eigenvalue weighted by Gasteiger charge is -2.30. The molecule has 32 heavy (non-hydrogen) atoms. The summed E-state index contributed by atoms with van der Waals surface area (Å²) < 4.78 is 68.3. The fourth-order valence-electron chi connectivity index (χ4n) is 3.35. The second kappa shape index (κ2) is 8.90. The van der Waals surface area contributed by atoms with Crippen LogP contribution in [-0.2, 0) is 16.2 Å². The monoisotopic (exact) mass is 473 g/mol. The zero-order valence-corrected chi connectivity index (χ0v) is 18.1. The first-order valence-electron chi connectivity index (χ1n) is 9.54. The second-order valence-electron chi connectivity index (χ2n) is 7.32. The highest BCUT2D eigenvalue weighted by Gasteiger charge is 2.32. The molecule has 0 saturated carbocycles. The van der Waals surface area contributed by atoms with Crippen molar-refractivity contribution in [2.24, 2.45) is 0 Å². The molecule has 3 N–H and O–H groups in total. The van der Waals surface area contributed by atoms with Crippen LogP contribution in [0.4, 0.5) is 24.9 Å². The molecule has 3 rings (SSSR count). The molecule has 0 atom stereocenters.